The molecule has 0 aliphatic carbocycles. The number of hydrogen-bond donors (Lipinski definition) is 0. The molecule has 34 heavy (non-hydrogen) atoms. The third kappa shape index (κ3) is 5.65. The van der Waals surface area contributed by atoms with Crippen molar-refractivity contribution in [2.24, 2.45) is 11.8 Å². The molecule has 8 heteroatoms. The first-order valence-electron chi connectivity index (χ1n) is 11.3. The summed E-state index contributed by atoms with van der Waals surface area (Å²) in [5.74, 6) is 2.66. The average molecular weight is 492 g/mol. The molecule has 0 saturated carbocycles. The Hall–Kier alpha value is -2.34. The maximum Gasteiger partial charge on any atom is 0.698 e. The van der Waals surface area contributed by atoms with Crippen molar-refractivity contribution in [3.63, 3.8) is 0 Å². The van der Waals surface area contributed by atoms with Crippen LogP contribution in [-0.4, -0.2) is 39.6 Å². The number of methoxy groups -OCH3 is 4. The maximum atomic E-state index is 12.7. The minimum atomic E-state index is -2.27. The Kier molecular flexibility index (Phi) is 8.12. The van der Waals surface area contributed by atoms with Gasteiger partial charge in [-0.3, -0.25) is 0 Å². The van der Waals surface area contributed by atoms with Gasteiger partial charge >= 0.3 is 8.25 Å². The highest BCUT2D eigenvalue weighted by Gasteiger charge is 2.56. The first-order chi connectivity index (χ1) is 16.0. The second kappa shape index (κ2) is 10.5. The Labute approximate surface area is 203 Å². The maximum absolute atomic E-state index is 12.7. The van der Waals surface area contributed by atoms with Crippen molar-refractivity contribution in [2.75, 3.05) is 28.4 Å². The SMILES string of the molecule is COc1ccc(C[C@@H]2[C@@H](Cc3ccc(OC)c(OC)c3)C(C)(C)O[P+](=O)OC2(C)C)cc1OC. The van der Waals surface area contributed by atoms with Gasteiger partial charge in [-0.05, 0) is 75.9 Å². The monoisotopic (exact) mass is 491 g/mol. The summed E-state index contributed by atoms with van der Waals surface area (Å²) in [6, 6.07) is 11.9. The molecule has 0 bridgehead atoms. The van der Waals surface area contributed by atoms with E-state index in [-0.39, 0.29) is 11.8 Å². The topological polar surface area (TPSA) is 72.5 Å². The molecular weight excluding hydrogens is 455 g/mol. The molecule has 1 aliphatic rings. The van der Waals surface area contributed by atoms with E-state index in [1.165, 1.54) is 0 Å². The van der Waals surface area contributed by atoms with Crippen molar-refractivity contribution in [3.05, 3.63) is 47.5 Å². The summed E-state index contributed by atoms with van der Waals surface area (Å²) >= 11 is 0. The van der Waals surface area contributed by atoms with Gasteiger partial charge < -0.3 is 18.9 Å². The standard InChI is InChI=1S/C26H36O7P/c1-25(2)19(13-17-9-11-21(28-5)23(15-17)30-7)20(26(3,4)33-34(27)32-25)14-18-10-12-22(29-6)24(16-18)31-8/h9-12,15-16,19-20H,13-14H2,1-8H3/q+1/t19-,20-/m1/s1. The number of benzene rings is 2. The zero-order valence-electron chi connectivity index (χ0n) is 21.3. The molecule has 0 spiro atoms. The predicted molar refractivity (Wildman–Crippen MR) is 131 cm³/mol. The van der Waals surface area contributed by atoms with Gasteiger partial charge in [0.1, 0.15) is 11.2 Å². The summed E-state index contributed by atoms with van der Waals surface area (Å²) in [5.41, 5.74) is 0.750. The normalized spacial score (nSPS) is 21.5. The van der Waals surface area contributed by atoms with Crippen molar-refractivity contribution in [3.8, 4) is 23.0 Å². The molecule has 7 nitrogen and oxygen atoms in total. The highest BCUT2D eigenvalue weighted by molar-refractivity contribution is 7.33. The van der Waals surface area contributed by atoms with Crippen LogP contribution in [0.1, 0.15) is 38.8 Å². The smallest absolute Gasteiger partial charge is 0.493 e. The third-order valence-electron chi connectivity index (χ3n) is 6.70. The molecule has 1 fully saturated rings. The summed E-state index contributed by atoms with van der Waals surface area (Å²) in [5, 5.41) is 0. The van der Waals surface area contributed by atoms with E-state index in [0.717, 1.165) is 11.1 Å². The molecule has 0 aromatic heterocycles. The van der Waals surface area contributed by atoms with Gasteiger partial charge in [0.25, 0.3) is 0 Å². The highest BCUT2D eigenvalue weighted by atomic mass is 31.1. The quantitative estimate of drug-likeness (QED) is 0.419. The van der Waals surface area contributed by atoms with Crippen LogP contribution >= 0.6 is 8.25 Å². The van der Waals surface area contributed by atoms with Crippen molar-refractivity contribution in [1.29, 1.82) is 0 Å². The fourth-order valence-corrected chi connectivity index (χ4v) is 5.88. The zero-order valence-corrected chi connectivity index (χ0v) is 22.2. The summed E-state index contributed by atoms with van der Waals surface area (Å²) < 4.78 is 46.5. The molecule has 0 amide bonds. The lowest BCUT2D eigenvalue weighted by atomic mass is 9.68. The van der Waals surface area contributed by atoms with E-state index in [4.69, 9.17) is 28.0 Å². The summed E-state index contributed by atoms with van der Waals surface area (Å²) in [6.07, 6.45) is 1.36. The molecule has 0 N–H and O–H groups in total. The molecule has 1 heterocycles. The minimum Gasteiger partial charge on any atom is -0.493 e. The van der Waals surface area contributed by atoms with E-state index >= 15 is 0 Å². The van der Waals surface area contributed by atoms with Gasteiger partial charge in [-0.1, -0.05) is 12.1 Å². The lowest BCUT2D eigenvalue weighted by molar-refractivity contribution is -0.00453. The van der Waals surface area contributed by atoms with Crippen LogP contribution in [0.2, 0.25) is 0 Å². The molecule has 3 rings (SSSR count). The molecule has 2 aromatic rings. The Bertz CT molecular complexity index is 939. The van der Waals surface area contributed by atoms with Crippen LogP contribution in [0, 0.1) is 11.8 Å². The molecule has 2 atom stereocenters. The van der Waals surface area contributed by atoms with E-state index in [2.05, 4.69) is 0 Å². The van der Waals surface area contributed by atoms with Crippen LogP contribution in [-0.2, 0) is 26.5 Å². The van der Waals surface area contributed by atoms with Gasteiger partial charge in [0.15, 0.2) is 23.0 Å². The Morgan fingerprint density at radius 2 is 1.03 bits per heavy atom. The van der Waals surface area contributed by atoms with E-state index in [9.17, 15) is 4.57 Å². The molecule has 1 saturated heterocycles. The minimum absolute atomic E-state index is 0.0184. The van der Waals surface area contributed by atoms with E-state index in [0.29, 0.717) is 35.8 Å². The van der Waals surface area contributed by atoms with Gasteiger partial charge in [0.05, 0.1) is 28.4 Å². The van der Waals surface area contributed by atoms with Crippen molar-refractivity contribution in [2.45, 2.75) is 51.7 Å². The Morgan fingerprint density at radius 3 is 1.35 bits per heavy atom. The fourth-order valence-electron chi connectivity index (χ4n) is 4.81. The molecule has 0 unspecified atom stereocenters. The average Bonchev–Trinajstić information content (AvgIpc) is 2.85. The van der Waals surface area contributed by atoms with Crippen LogP contribution in [0.4, 0.5) is 0 Å². The van der Waals surface area contributed by atoms with Gasteiger partial charge in [-0.15, -0.1) is 9.05 Å². The second-order valence-corrected chi connectivity index (χ2v) is 10.4. The van der Waals surface area contributed by atoms with Crippen molar-refractivity contribution >= 4 is 8.25 Å². The molecule has 1 aliphatic heterocycles. The van der Waals surface area contributed by atoms with Gasteiger partial charge in [0.2, 0.25) is 0 Å². The Morgan fingerprint density at radius 1 is 0.676 bits per heavy atom. The number of rotatable bonds is 8. The largest absolute Gasteiger partial charge is 0.698 e. The van der Waals surface area contributed by atoms with Crippen LogP contribution in [0.15, 0.2) is 36.4 Å². The molecular formula is C26H36O7P+. The number of hydrogen-bond acceptors (Lipinski definition) is 7. The van der Waals surface area contributed by atoms with Crippen molar-refractivity contribution in [1.82, 2.24) is 0 Å². The first kappa shape index (κ1) is 26.3. The van der Waals surface area contributed by atoms with Crippen molar-refractivity contribution < 1.29 is 32.6 Å². The summed E-state index contributed by atoms with van der Waals surface area (Å²) in [7, 11) is 4.22. The van der Waals surface area contributed by atoms with E-state index in [1.54, 1.807) is 28.4 Å². The van der Waals surface area contributed by atoms with Gasteiger partial charge in [0, 0.05) is 16.4 Å². The zero-order chi connectivity index (χ0) is 25.1. The van der Waals surface area contributed by atoms with Gasteiger partial charge in [-0.2, -0.15) is 0 Å². The highest BCUT2D eigenvalue weighted by Crippen LogP contribution is 2.52. The van der Waals surface area contributed by atoms with Gasteiger partial charge in [-0.25, -0.2) is 0 Å². The third-order valence-corrected chi connectivity index (χ3v) is 7.94. The van der Waals surface area contributed by atoms with E-state index in [1.807, 2.05) is 64.1 Å². The Balaban J connectivity index is 2.04. The van der Waals surface area contributed by atoms with Crippen LogP contribution in [0.3, 0.4) is 0 Å². The second-order valence-electron chi connectivity index (χ2n) is 9.61. The van der Waals surface area contributed by atoms with Crippen LogP contribution in [0.5, 0.6) is 23.0 Å². The molecule has 2 aromatic carbocycles. The molecule has 186 valence electrons. The summed E-state index contributed by atoms with van der Waals surface area (Å²) in [6.45, 7) is 7.94. The lowest BCUT2D eigenvalue weighted by Crippen LogP contribution is -2.46. The first-order valence-corrected chi connectivity index (χ1v) is 12.4. The number of ether oxygens (including phenoxy) is 4. The molecule has 0 radical (unpaired) electrons. The van der Waals surface area contributed by atoms with Crippen LogP contribution in [0.25, 0.3) is 0 Å². The van der Waals surface area contributed by atoms with Crippen LogP contribution < -0.4 is 18.9 Å². The van der Waals surface area contributed by atoms with E-state index < -0.39 is 19.5 Å². The fraction of sp³-hybridized carbons (Fsp3) is 0.538. The lowest BCUT2D eigenvalue weighted by Gasteiger charge is -2.39. The predicted octanol–water partition coefficient (Wildman–Crippen LogP) is 6.00. The summed E-state index contributed by atoms with van der Waals surface area (Å²) in [4.78, 5) is 0.